The minimum Gasteiger partial charge on any atom is -0.314 e. The molecule has 15 heavy (non-hydrogen) atoms. The highest BCUT2D eigenvalue weighted by Gasteiger charge is 2.33. The molecule has 84 valence electrons. The zero-order chi connectivity index (χ0) is 11.3. The second-order valence-electron chi connectivity index (χ2n) is 4.32. The first-order valence-corrected chi connectivity index (χ1v) is 5.47. The van der Waals surface area contributed by atoms with Crippen LogP contribution in [0.25, 0.3) is 0 Å². The molecule has 0 aliphatic carbocycles. The van der Waals surface area contributed by atoms with Gasteiger partial charge in [-0.05, 0) is 20.8 Å². The number of nitrogens with one attached hydrogen (secondary N) is 1. The maximum atomic E-state index is 12.0. The second-order valence-corrected chi connectivity index (χ2v) is 4.32. The molecule has 1 fully saturated rings. The van der Waals surface area contributed by atoms with Crippen molar-refractivity contribution in [3.8, 4) is 11.8 Å². The van der Waals surface area contributed by atoms with E-state index in [1.807, 2.05) is 13.8 Å². The lowest BCUT2D eigenvalue weighted by molar-refractivity contribution is -0.128. The Bertz CT molecular complexity index is 280. The third-order valence-corrected chi connectivity index (χ3v) is 3.02. The lowest BCUT2D eigenvalue weighted by Crippen LogP contribution is -2.56. The summed E-state index contributed by atoms with van der Waals surface area (Å²) < 4.78 is 0. The monoisotopic (exact) mass is 208 g/mol. The van der Waals surface area contributed by atoms with Crippen molar-refractivity contribution in [2.24, 2.45) is 0 Å². The van der Waals surface area contributed by atoms with Crippen LogP contribution in [0.2, 0.25) is 0 Å². The first kappa shape index (κ1) is 12.2. The summed E-state index contributed by atoms with van der Waals surface area (Å²) in [5.74, 6) is 5.84. The van der Waals surface area contributed by atoms with E-state index in [0.29, 0.717) is 6.42 Å². The third-order valence-electron chi connectivity index (χ3n) is 3.02. The van der Waals surface area contributed by atoms with Crippen molar-refractivity contribution in [1.82, 2.24) is 10.2 Å². The van der Waals surface area contributed by atoms with Crippen molar-refractivity contribution in [3.63, 3.8) is 0 Å². The van der Waals surface area contributed by atoms with Gasteiger partial charge in [0.05, 0.1) is 12.0 Å². The Hall–Kier alpha value is -0.850. The number of rotatable bonds is 3. The number of Topliss-reactive ketones (excluding diaryl/α,β-unsaturated/α-hetero) is 1. The van der Waals surface area contributed by atoms with Crippen LogP contribution in [-0.4, -0.2) is 42.4 Å². The smallest absolute Gasteiger partial charge is 0.164 e. The quantitative estimate of drug-likeness (QED) is 0.691. The van der Waals surface area contributed by atoms with Crippen LogP contribution in [0.5, 0.6) is 0 Å². The molecule has 1 rings (SSSR count). The molecule has 3 heteroatoms. The lowest BCUT2D eigenvalue weighted by Gasteiger charge is -2.39. The summed E-state index contributed by atoms with van der Waals surface area (Å²) in [6.45, 7) is 9.59. The van der Waals surface area contributed by atoms with Crippen molar-refractivity contribution >= 4 is 5.78 Å². The van der Waals surface area contributed by atoms with E-state index in [1.165, 1.54) is 0 Å². The molecule has 0 amide bonds. The molecule has 0 unspecified atom stereocenters. The number of carbonyl (C=O) groups excluding carboxylic acids is 1. The van der Waals surface area contributed by atoms with Gasteiger partial charge in [0.2, 0.25) is 0 Å². The molecular weight excluding hydrogens is 188 g/mol. The Kier molecular flexibility index (Phi) is 4.31. The maximum Gasteiger partial charge on any atom is 0.164 e. The highest BCUT2D eigenvalue weighted by molar-refractivity contribution is 5.89. The Morgan fingerprint density at radius 2 is 2.00 bits per heavy atom. The van der Waals surface area contributed by atoms with Gasteiger partial charge in [-0.15, -0.1) is 5.92 Å². The van der Waals surface area contributed by atoms with Gasteiger partial charge in [-0.2, -0.15) is 0 Å². The Morgan fingerprint density at radius 1 is 1.40 bits per heavy atom. The average Bonchev–Trinajstić information content (AvgIpc) is 2.27. The van der Waals surface area contributed by atoms with Gasteiger partial charge < -0.3 is 5.32 Å². The lowest BCUT2D eigenvalue weighted by atomic mass is 9.94. The van der Waals surface area contributed by atoms with E-state index in [0.717, 1.165) is 26.2 Å². The molecule has 1 heterocycles. The molecular formula is C12H20N2O. The maximum absolute atomic E-state index is 12.0. The van der Waals surface area contributed by atoms with E-state index in [1.54, 1.807) is 6.92 Å². The number of carbonyl (C=O) groups is 1. The fourth-order valence-electron chi connectivity index (χ4n) is 1.79. The van der Waals surface area contributed by atoms with E-state index in [2.05, 4.69) is 22.1 Å². The number of hydrogen-bond donors (Lipinski definition) is 1. The molecule has 0 spiro atoms. The van der Waals surface area contributed by atoms with E-state index in [-0.39, 0.29) is 11.3 Å². The Labute approximate surface area is 92.2 Å². The summed E-state index contributed by atoms with van der Waals surface area (Å²) in [6.07, 6.45) is 0.368. The largest absolute Gasteiger partial charge is 0.314 e. The van der Waals surface area contributed by atoms with Gasteiger partial charge in [0.25, 0.3) is 0 Å². The summed E-state index contributed by atoms with van der Waals surface area (Å²) in [5.41, 5.74) is -0.369. The topological polar surface area (TPSA) is 32.3 Å². The van der Waals surface area contributed by atoms with Crippen LogP contribution in [0.1, 0.15) is 27.2 Å². The molecule has 0 radical (unpaired) electrons. The van der Waals surface area contributed by atoms with Crippen LogP contribution in [-0.2, 0) is 4.79 Å². The van der Waals surface area contributed by atoms with Crippen molar-refractivity contribution in [2.45, 2.75) is 32.7 Å². The fraction of sp³-hybridized carbons (Fsp3) is 0.750. The van der Waals surface area contributed by atoms with Crippen LogP contribution in [0, 0.1) is 11.8 Å². The summed E-state index contributed by atoms with van der Waals surface area (Å²) in [4.78, 5) is 14.2. The van der Waals surface area contributed by atoms with Gasteiger partial charge in [-0.1, -0.05) is 5.92 Å². The summed E-state index contributed by atoms with van der Waals surface area (Å²) in [5, 5.41) is 3.29. The van der Waals surface area contributed by atoms with Gasteiger partial charge >= 0.3 is 0 Å². The molecule has 1 N–H and O–H groups in total. The van der Waals surface area contributed by atoms with Gasteiger partial charge in [0.1, 0.15) is 0 Å². The minimum atomic E-state index is -0.369. The Morgan fingerprint density at radius 3 is 2.53 bits per heavy atom. The highest BCUT2D eigenvalue weighted by atomic mass is 16.1. The standard InChI is InChI=1S/C12H20N2O/c1-4-5-6-11(15)12(2,3)14-9-7-13-8-10-14/h13H,6-10H2,1-3H3. The molecule has 1 saturated heterocycles. The van der Waals surface area contributed by atoms with Crippen LogP contribution in [0.3, 0.4) is 0 Å². The van der Waals surface area contributed by atoms with E-state index in [4.69, 9.17) is 0 Å². The SMILES string of the molecule is CC#CCC(=O)C(C)(C)N1CCNCC1. The molecule has 1 aliphatic heterocycles. The minimum absolute atomic E-state index is 0.221. The Balaban J connectivity index is 2.61. The van der Waals surface area contributed by atoms with Crippen molar-refractivity contribution < 1.29 is 4.79 Å². The van der Waals surface area contributed by atoms with Gasteiger partial charge in [-0.25, -0.2) is 0 Å². The molecule has 0 aromatic heterocycles. The van der Waals surface area contributed by atoms with Crippen LogP contribution in [0.4, 0.5) is 0 Å². The molecule has 0 aromatic rings. The van der Waals surface area contributed by atoms with Gasteiger partial charge in [-0.3, -0.25) is 9.69 Å². The zero-order valence-electron chi connectivity index (χ0n) is 9.89. The molecule has 0 atom stereocenters. The van der Waals surface area contributed by atoms with E-state index in [9.17, 15) is 4.79 Å². The number of ketones is 1. The summed E-state index contributed by atoms with van der Waals surface area (Å²) in [7, 11) is 0. The van der Waals surface area contributed by atoms with Crippen molar-refractivity contribution in [1.29, 1.82) is 0 Å². The zero-order valence-corrected chi connectivity index (χ0v) is 9.89. The average molecular weight is 208 g/mol. The van der Waals surface area contributed by atoms with E-state index >= 15 is 0 Å². The van der Waals surface area contributed by atoms with Crippen LogP contribution >= 0.6 is 0 Å². The molecule has 1 aliphatic rings. The fourth-order valence-corrected chi connectivity index (χ4v) is 1.79. The summed E-state index contributed by atoms with van der Waals surface area (Å²) >= 11 is 0. The van der Waals surface area contributed by atoms with E-state index < -0.39 is 0 Å². The van der Waals surface area contributed by atoms with Gasteiger partial charge in [0.15, 0.2) is 5.78 Å². The number of piperazine rings is 1. The third kappa shape index (κ3) is 3.05. The number of hydrogen-bond acceptors (Lipinski definition) is 3. The molecule has 0 aromatic carbocycles. The van der Waals surface area contributed by atoms with Crippen LogP contribution in [0.15, 0.2) is 0 Å². The normalized spacial score (nSPS) is 18.1. The van der Waals surface area contributed by atoms with Gasteiger partial charge in [0, 0.05) is 26.2 Å². The first-order valence-electron chi connectivity index (χ1n) is 5.47. The summed E-state index contributed by atoms with van der Waals surface area (Å²) in [6, 6.07) is 0. The molecule has 0 saturated carbocycles. The predicted molar refractivity (Wildman–Crippen MR) is 61.6 cm³/mol. The second kappa shape index (κ2) is 5.29. The molecule has 0 bridgehead atoms. The first-order chi connectivity index (χ1) is 7.09. The predicted octanol–water partition coefficient (Wildman–Crippen LogP) is 0.653. The molecule has 3 nitrogen and oxygen atoms in total. The van der Waals surface area contributed by atoms with Crippen molar-refractivity contribution in [3.05, 3.63) is 0 Å². The highest BCUT2D eigenvalue weighted by Crippen LogP contribution is 2.17. The van der Waals surface area contributed by atoms with Crippen LogP contribution < -0.4 is 5.32 Å². The number of nitrogens with zero attached hydrogens (tertiary/aromatic N) is 1. The van der Waals surface area contributed by atoms with Crippen molar-refractivity contribution in [2.75, 3.05) is 26.2 Å².